The summed E-state index contributed by atoms with van der Waals surface area (Å²) in [6.45, 7) is 2.63. The predicted molar refractivity (Wildman–Crippen MR) is 70.9 cm³/mol. The van der Waals surface area contributed by atoms with Crippen LogP contribution in [0.2, 0.25) is 0 Å². The van der Waals surface area contributed by atoms with Gasteiger partial charge in [0.2, 0.25) is 5.91 Å². The lowest BCUT2D eigenvalue weighted by atomic mass is 10.1. The highest BCUT2D eigenvalue weighted by Gasteiger charge is 2.31. The molecule has 0 saturated carbocycles. The van der Waals surface area contributed by atoms with E-state index in [-0.39, 0.29) is 11.8 Å². The fraction of sp³-hybridized carbons (Fsp3) is 0.385. The molecule has 102 valence electrons. The van der Waals surface area contributed by atoms with Crippen molar-refractivity contribution in [3.05, 3.63) is 23.8 Å². The number of nitrogens with two attached hydrogens (primary N) is 1. The van der Waals surface area contributed by atoms with Crippen LogP contribution in [0.1, 0.15) is 17.3 Å². The summed E-state index contributed by atoms with van der Waals surface area (Å²) in [5.41, 5.74) is 6.57. The van der Waals surface area contributed by atoms with Gasteiger partial charge in [-0.15, -0.1) is 0 Å². The van der Waals surface area contributed by atoms with Gasteiger partial charge in [-0.1, -0.05) is 0 Å². The zero-order valence-corrected chi connectivity index (χ0v) is 11.0. The van der Waals surface area contributed by atoms with Gasteiger partial charge in [0.1, 0.15) is 11.8 Å². The number of benzene rings is 1. The molecular weight excluding hydrogens is 246 g/mol. The Hall–Kier alpha value is -2.24. The smallest absolute Gasteiger partial charge is 0.258 e. The van der Waals surface area contributed by atoms with Crippen LogP contribution < -0.4 is 15.8 Å². The Bertz CT molecular complexity index is 516. The number of piperazine rings is 1. The largest absolute Gasteiger partial charge is 0.496 e. The number of ether oxygens (including phenoxy) is 1. The number of hydrogen-bond donors (Lipinski definition) is 2. The number of carbonyl (C=O) groups excluding carboxylic acids is 2. The first-order chi connectivity index (χ1) is 9.04. The topological polar surface area (TPSA) is 84.7 Å². The van der Waals surface area contributed by atoms with Crippen LogP contribution in [0.25, 0.3) is 0 Å². The van der Waals surface area contributed by atoms with Gasteiger partial charge >= 0.3 is 0 Å². The maximum absolute atomic E-state index is 12.5. The Morgan fingerprint density at radius 2 is 2.26 bits per heavy atom. The van der Waals surface area contributed by atoms with E-state index in [0.29, 0.717) is 30.1 Å². The zero-order valence-electron chi connectivity index (χ0n) is 11.0. The zero-order chi connectivity index (χ0) is 14.0. The molecule has 1 aliphatic rings. The standard InChI is InChI=1S/C13H17N3O3/c1-8-12(17)15-5-6-16(8)13(18)10-7-9(14)3-4-11(10)19-2/h3-4,7-8H,5-6,14H2,1-2H3,(H,15,17). The monoisotopic (exact) mass is 263 g/mol. The quantitative estimate of drug-likeness (QED) is 0.748. The number of nitrogens with zero attached hydrogens (tertiary/aromatic N) is 1. The third-order valence-corrected chi connectivity index (χ3v) is 3.21. The Morgan fingerprint density at radius 1 is 1.53 bits per heavy atom. The van der Waals surface area contributed by atoms with Crippen molar-refractivity contribution in [3.8, 4) is 5.75 Å². The average molecular weight is 263 g/mol. The maximum atomic E-state index is 12.5. The van der Waals surface area contributed by atoms with Crippen LogP contribution in [0.3, 0.4) is 0 Å². The summed E-state index contributed by atoms with van der Waals surface area (Å²) in [6.07, 6.45) is 0. The summed E-state index contributed by atoms with van der Waals surface area (Å²) >= 11 is 0. The van der Waals surface area contributed by atoms with Gasteiger partial charge in [0.05, 0.1) is 12.7 Å². The van der Waals surface area contributed by atoms with E-state index >= 15 is 0 Å². The molecule has 0 aliphatic carbocycles. The van der Waals surface area contributed by atoms with E-state index in [1.54, 1.807) is 25.1 Å². The Labute approximate surface area is 111 Å². The van der Waals surface area contributed by atoms with Gasteiger partial charge < -0.3 is 20.7 Å². The molecule has 3 N–H and O–H groups in total. The molecule has 6 nitrogen and oxygen atoms in total. The number of nitrogens with one attached hydrogen (secondary N) is 1. The number of carbonyl (C=O) groups is 2. The Balaban J connectivity index is 2.33. The molecular formula is C13H17N3O3. The first-order valence-corrected chi connectivity index (χ1v) is 6.06. The number of methoxy groups -OCH3 is 1. The van der Waals surface area contributed by atoms with Crippen molar-refractivity contribution in [1.82, 2.24) is 10.2 Å². The van der Waals surface area contributed by atoms with Crippen LogP contribution in [-0.4, -0.2) is 43.0 Å². The molecule has 0 bridgehead atoms. The SMILES string of the molecule is COc1ccc(N)cc1C(=O)N1CCNC(=O)C1C. The second kappa shape index (κ2) is 5.17. The molecule has 1 heterocycles. The number of anilines is 1. The molecule has 19 heavy (non-hydrogen) atoms. The molecule has 2 rings (SSSR count). The van der Waals surface area contributed by atoms with E-state index in [2.05, 4.69) is 5.32 Å². The van der Waals surface area contributed by atoms with Crippen molar-refractivity contribution in [2.75, 3.05) is 25.9 Å². The minimum absolute atomic E-state index is 0.150. The number of rotatable bonds is 2. The molecule has 6 heteroatoms. The van der Waals surface area contributed by atoms with E-state index in [1.165, 1.54) is 12.0 Å². The fourth-order valence-electron chi connectivity index (χ4n) is 2.11. The molecule has 1 aliphatic heterocycles. The van der Waals surface area contributed by atoms with Crippen LogP contribution in [0.5, 0.6) is 5.75 Å². The van der Waals surface area contributed by atoms with Crippen LogP contribution in [0, 0.1) is 0 Å². The van der Waals surface area contributed by atoms with Crippen molar-refractivity contribution in [2.45, 2.75) is 13.0 Å². The average Bonchev–Trinajstić information content (AvgIpc) is 2.41. The third kappa shape index (κ3) is 2.47. The van der Waals surface area contributed by atoms with Gasteiger partial charge in [-0.2, -0.15) is 0 Å². The van der Waals surface area contributed by atoms with Gasteiger partial charge in [-0.25, -0.2) is 0 Å². The van der Waals surface area contributed by atoms with Crippen molar-refractivity contribution >= 4 is 17.5 Å². The number of hydrogen-bond acceptors (Lipinski definition) is 4. The lowest BCUT2D eigenvalue weighted by molar-refractivity contribution is -0.127. The van der Waals surface area contributed by atoms with E-state index in [0.717, 1.165) is 0 Å². The van der Waals surface area contributed by atoms with Gasteiger partial charge in [0, 0.05) is 18.8 Å². The maximum Gasteiger partial charge on any atom is 0.258 e. The highest BCUT2D eigenvalue weighted by atomic mass is 16.5. The highest BCUT2D eigenvalue weighted by Crippen LogP contribution is 2.23. The van der Waals surface area contributed by atoms with E-state index in [4.69, 9.17) is 10.5 Å². The summed E-state index contributed by atoms with van der Waals surface area (Å²) in [4.78, 5) is 25.6. The first kappa shape index (κ1) is 13.2. The molecule has 1 atom stereocenters. The summed E-state index contributed by atoms with van der Waals surface area (Å²) in [7, 11) is 1.49. The van der Waals surface area contributed by atoms with E-state index in [9.17, 15) is 9.59 Å². The summed E-state index contributed by atoms with van der Waals surface area (Å²) in [5.74, 6) is 0.0614. The molecule has 1 aromatic carbocycles. The van der Waals surface area contributed by atoms with Crippen LogP contribution in [0.4, 0.5) is 5.69 Å². The fourth-order valence-corrected chi connectivity index (χ4v) is 2.11. The van der Waals surface area contributed by atoms with Crippen molar-refractivity contribution < 1.29 is 14.3 Å². The molecule has 0 spiro atoms. The molecule has 1 saturated heterocycles. The third-order valence-electron chi connectivity index (χ3n) is 3.21. The van der Waals surface area contributed by atoms with Crippen molar-refractivity contribution in [1.29, 1.82) is 0 Å². The van der Waals surface area contributed by atoms with Crippen LogP contribution >= 0.6 is 0 Å². The first-order valence-electron chi connectivity index (χ1n) is 6.06. The number of nitrogen functional groups attached to an aromatic ring is 1. The Morgan fingerprint density at radius 3 is 2.95 bits per heavy atom. The number of amides is 2. The molecule has 1 aromatic rings. The van der Waals surface area contributed by atoms with Crippen molar-refractivity contribution in [2.24, 2.45) is 0 Å². The van der Waals surface area contributed by atoms with Gasteiger partial charge in [0.15, 0.2) is 0 Å². The summed E-state index contributed by atoms with van der Waals surface area (Å²) in [6, 6.07) is 4.40. The van der Waals surface area contributed by atoms with Crippen molar-refractivity contribution in [3.63, 3.8) is 0 Å². The van der Waals surface area contributed by atoms with Gasteiger partial charge in [0.25, 0.3) is 5.91 Å². The van der Waals surface area contributed by atoms with E-state index < -0.39 is 6.04 Å². The predicted octanol–water partition coefficient (Wildman–Crippen LogP) is 0.238. The van der Waals surface area contributed by atoms with E-state index in [1.807, 2.05) is 0 Å². The summed E-state index contributed by atoms with van der Waals surface area (Å²) < 4.78 is 5.17. The summed E-state index contributed by atoms with van der Waals surface area (Å²) in [5, 5.41) is 2.72. The second-order valence-electron chi connectivity index (χ2n) is 4.43. The van der Waals surface area contributed by atoms with Gasteiger partial charge in [-0.05, 0) is 25.1 Å². The van der Waals surface area contributed by atoms with Crippen LogP contribution in [0.15, 0.2) is 18.2 Å². The van der Waals surface area contributed by atoms with Gasteiger partial charge in [-0.3, -0.25) is 9.59 Å². The minimum Gasteiger partial charge on any atom is -0.496 e. The molecule has 2 amide bonds. The minimum atomic E-state index is -0.493. The molecule has 0 radical (unpaired) electrons. The highest BCUT2D eigenvalue weighted by molar-refractivity contribution is 6.00. The molecule has 0 aromatic heterocycles. The van der Waals surface area contributed by atoms with Crippen LogP contribution in [-0.2, 0) is 4.79 Å². The molecule has 1 unspecified atom stereocenters. The normalized spacial score (nSPS) is 18.9. The molecule has 1 fully saturated rings. The second-order valence-corrected chi connectivity index (χ2v) is 4.43. The lowest BCUT2D eigenvalue weighted by Gasteiger charge is -2.33. The lowest BCUT2D eigenvalue weighted by Crippen LogP contribution is -2.55. The Kier molecular flexibility index (Phi) is 3.59.